The fourth-order valence-electron chi connectivity index (χ4n) is 1.57. The summed E-state index contributed by atoms with van der Waals surface area (Å²) in [5.74, 6) is 0.326. The minimum absolute atomic E-state index is 0.0460. The van der Waals surface area contributed by atoms with Crippen LogP contribution in [0.25, 0.3) is 0 Å². The Balaban J connectivity index is 2.32. The van der Waals surface area contributed by atoms with Crippen LogP contribution in [0.5, 0.6) is 5.75 Å². The van der Waals surface area contributed by atoms with Crippen molar-refractivity contribution in [2.75, 3.05) is 5.73 Å². The molecule has 110 valence electrons. The molecule has 0 bridgehead atoms. The van der Waals surface area contributed by atoms with Gasteiger partial charge in [0.05, 0.1) is 20.1 Å². The average molecular weight is 393 g/mol. The number of nitro benzene ring substituents is 1. The lowest BCUT2D eigenvalue weighted by molar-refractivity contribution is -0.386. The van der Waals surface area contributed by atoms with Crippen molar-refractivity contribution in [1.82, 2.24) is 4.98 Å². The summed E-state index contributed by atoms with van der Waals surface area (Å²) in [5.41, 5.74) is 5.69. The van der Waals surface area contributed by atoms with Crippen LogP contribution in [-0.4, -0.2) is 9.91 Å². The van der Waals surface area contributed by atoms with Gasteiger partial charge in [-0.05, 0) is 34.1 Å². The van der Waals surface area contributed by atoms with E-state index in [1.54, 1.807) is 12.1 Å². The van der Waals surface area contributed by atoms with Gasteiger partial charge < -0.3 is 10.5 Å². The van der Waals surface area contributed by atoms with Crippen LogP contribution in [0.15, 0.2) is 28.7 Å². The Morgan fingerprint density at radius 2 is 2.10 bits per heavy atom. The van der Waals surface area contributed by atoms with Gasteiger partial charge in [0, 0.05) is 11.1 Å². The van der Waals surface area contributed by atoms with Crippen molar-refractivity contribution >= 4 is 50.6 Å². The molecule has 2 rings (SSSR count). The van der Waals surface area contributed by atoms with Gasteiger partial charge in [-0.3, -0.25) is 10.1 Å². The first kappa shape index (κ1) is 15.8. The normalized spacial score (nSPS) is 10.4. The highest BCUT2D eigenvalue weighted by Crippen LogP contribution is 2.38. The van der Waals surface area contributed by atoms with E-state index in [0.717, 1.165) is 0 Å². The molecule has 1 aromatic heterocycles. The lowest BCUT2D eigenvalue weighted by Crippen LogP contribution is -2.04. The Kier molecular flexibility index (Phi) is 4.87. The molecule has 0 aliphatic rings. The number of anilines is 1. The summed E-state index contributed by atoms with van der Waals surface area (Å²) in [6.45, 7) is -0.0645. The molecule has 0 fully saturated rings. The van der Waals surface area contributed by atoms with Crippen molar-refractivity contribution < 1.29 is 9.66 Å². The summed E-state index contributed by atoms with van der Waals surface area (Å²) >= 11 is 14.9. The van der Waals surface area contributed by atoms with Gasteiger partial charge in [0.15, 0.2) is 0 Å². The summed E-state index contributed by atoms with van der Waals surface area (Å²) < 4.78 is 5.82. The van der Waals surface area contributed by atoms with Crippen molar-refractivity contribution in [1.29, 1.82) is 0 Å². The number of benzene rings is 1. The number of halogens is 3. The molecule has 0 radical (unpaired) electrons. The number of nitro groups is 1. The Hall–Kier alpha value is -1.57. The summed E-state index contributed by atoms with van der Waals surface area (Å²) in [6.07, 6.45) is 0. The van der Waals surface area contributed by atoms with Crippen LogP contribution in [0.1, 0.15) is 5.69 Å². The number of nitrogens with two attached hydrogens (primary N) is 1. The maximum atomic E-state index is 11.0. The highest BCUT2D eigenvalue weighted by Gasteiger charge is 2.20. The van der Waals surface area contributed by atoms with Crippen LogP contribution in [0, 0.1) is 10.1 Å². The SMILES string of the molecule is Nc1ccc(Cl)c(COc2c(Br)cc(Cl)cc2[N+](=O)[O-])n1. The highest BCUT2D eigenvalue weighted by molar-refractivity contribution is 9.10. The van der Waals surface area contributed by atoms with Crippen LogP contribution >= 0.6 is 39.1 Å². The molecule has 0 aliphatic carbocycles. The zero-order valence-corrected chi connectivity index (χ0v) is 13.4. The predicted octanol–water partition coefficient (Wildman–Crippen LogP) is 4.22. The maximum absolute atomic E-state index is 11.0. The summed E-state index contributed by atoms with van der Waals surface area (Å²) in [6, 6.07) is 5.83. The smallest absolute Gasteiger partial charge is 0.313 e. The van der Waals surface area contributed by atoms with E-state index in [1.165, 1.54) is 12.1 Å². The van der Waals surface area contributed by atoms with Crippen molar-refractivity contribution in [3.05, 3.63) is 54.6 Å². The van der Waals surface area contributed by atoms with Gasteiger partial charge in [0.25, 0.3) is 0 Å². The third kappa shape index (κ3) is 3.75. The number of hydrogen-bond donors (Lipinski definition) is 1. The first-order valence-electron chi connectivity index (χ1n) is 5.55. The minimum atomic E-state index is -0.583. The quantitative estimate of drug-likeness (QED) is 0.621. The lowest BCUT2D eigenvalue weighted by atomic mass is 10.3. The molecule has 0 saturated carbocycles. The number of rotatable bonds is 4. The summed E-state index contributed by atoms with van der Waals surface area (Å²) in [7, 11) is 0. The van der Waals surface area contributed by atoms with Crippen LogP contribution in [0.3, 0.4) is 0 Å². The van der Waals surface area contributed by atoms with Gasteiger partial charge >= 0.3 is 5.69 Å². The van der Waals surface area contributed by atoms with Crippen molar-refractivity contribution in [3.8, 4) is 5.75 Å². The molecular formula is C12H8BrCl2N3O3. The number of pyridine rings is 1. The third-order valence-electron chi connectivity index (χ3n) is 2.48. The second-order valence-corrected chi connectivity index (χ2v) is 5.64. The van der Waals surface area contributed by atoms with E-state index in [2.05, 4.69) is 20.9 Å². The van der Waals surface area contributed by atoms with Crippen LogP contribution < -0.4 is 10.5 Å². The van der Waals surface area contributed by atoms with E-state index in [0.29, 0.717) is 15.2 Å². The summed E-state index contributed by atoms with van der Waals surface area (Å²) in [4.78, 5) is 14.5. The third-order valence-corrected chi connectivity index (χ3v) is 3.63. The monoisotopic (exact) mass is 391 g/mol. The fraction of sp³-hybridized carbons (Fsp3) is 0.0833. The second-order valence-electron chi connectivity index (χ2n) is 3.95. The second kappa shape index (κ2) is 6.46. The lowest BCUT2D eigenvalue weighted by Gasteiger charge is -2.10. The average Bonchev–Trinajstić information content (AvgIpc) is 2.40. The van der Waals surface area contributed by atoms with E-state index in [1.807, 2.05) is 0 Å². The number of nitrogen functional groups attached to an aromatic ring is 1. The first-order valence-corrected chi connectivity index (χ1v) is 7.10. The standard InChI is InChI=1S/C12H8BrCl2N3O3/c13-7-3-6(14)4-10(18(19)20)12(7)21-5-9-8(15)1-2-11(16)17-9/h1-4H,5H2,(H2,16,17). The van der Waals surface area contributed by atoms with Crippen molar-refractivity contribution in [3.63, 3.8) is 0 Å². The van der Waals surface area contributed by atoms with Gasteiger partial charge in [0.2, 0.25) is 5.75 Å². The Morgan fingerprint density at radius 3 is 2.76 bits per heavy atom. The van der Waals surface area contributed by atoms with Gasteiger partial charge in [-0.25, -0.2) is 4.98 Å². The maximum Gasteiger partial charge on any atom is 0.313 e. The number of hydrogen-bond acceptors (Lipinski definition) is 5. The number of aromatic nitrogens is 1. The van der Waals surface area contributed by atoms with Gasteiger partial charge in [-0.15, -0.1) is 0 Å². The molecule has 2 aromatic rings. The topological polar surface area (TPSA) is 91.3 Å². The molecule has 0 spiro atoms. The van der Waals surface area contributed by atoms with Crippen molar-refractivity contribution in [2.24, 2.45) is 0 Å². The molecule has 0 saturated heterocycles. The molecule has 21 heavy (non-hydrogen) atoms. The first-order chi connectivity index (χ1) is 9.88. The van der Waals surface area contributed by atoms with Crippen molar-refractivity contribution in [2.45, 2.75) is 6.61 Å². The molecule has 2 N–H and O–H groups in total. The Bertz CT molecular complexity index is 712. The molecule has 9 heteroatoms. The highest BCUT2D eigenvalue weighted by atomic mass is 79.9. The number of ether oxygens (including phenoxy) is 1. The molecule has 1 aromatic carbocycles. The zero-order valence-electron chi connectivity index (χ0n) is 10.3. The van der Waals surface area contributed by atoms with E-state index >= 15 is 0 Å². The largest absolute Gasteiger partial charge is 0.479 e. The van der Waals surface area contributed by atoms with E-state index in [-0.39, 0.29) is 28.9 Å². The van der Waals surface area contributed by atoms with Crippen LogP contribution in [0.4, 0.5) is 11.5 Å². The van der Waals surface area contributed by atoms with Crippen LogP contribution in [0.2, 0.25) is 10.0 Å². The van der Waals surface area contributed by atoms with E-state index in [4.69, 9.17) is 33.7 Å². The van der Waals surface area contributed by atoms with Gasteiger partial charge in [-0.2, -0.15) is 0 Å². The molecule has 0 aliphatic heterocycles. The molecule has 6 nitrogen and oxygen atoms in total. The van der Waals surface area contributed by atoms with Crippen LogP contribution in [-0.2, 0) is 6.61 Å². The molecule has 0 amide bonds. The van der Waals surface area contributed by atoms with E-state index in [9.17, 15) is 10.1 Å². The summed E-state index contributed by atoms with van der Waals surface area (Å²) in [5, 5.41) is 11.6. The molecular weight excluding hydrogens is 385 g/mol. The van der Waals surface area contributed by atoms with E-state index < -0.39 is 4.92 Å². The van der Waals surface area contributed by atoms with Gasteiger partial charge in [-0.1, -0.05) is 23.2 Å². The molecule has 0 unspecified atom stereocenters. The molecule has 1 heterocycles. The fourth-order valence-corrected chi connectivity index (χ4v) is 2.64. The predicted molar refractivity (Wildman–Crippen MR) is 83.8 cm³/mol. The zero-order chi connectivity index (χ0) is 15.6. The minimum Gasteiger partial charge on any atom is -0.479 e. The number of nitrogens with zero attached hydrogens (tertiary/aromatic N) is 2. The Morgan fingerprint density at radius 1 is 1.38 bits per heavy atom. The molecule has 0 atom stereocenters. The van der Waals surface area contributed by atoms with Gasteiger partial charge in [0.1, 0.15) is 12.4 Å². The Labute approximate surface area is 138 Å².